The van der Waals surface area contributed by atoms with Crippen LogP contribution >= 0.6 is 0 Å². The monoisotopic (exact) mass is 194 g/mol. The number of pyridine rings is 1. The van der Waals surface area contributed by atoms with Crippen molar-refractivity contribution in [2.45, 2.75) is 25.5 Å². The summed E-state index contributed by atoms with van der Waals surface area (Å²) in [6.07, 6.45) is 4.49. The highest BCUT2D eigenvalue weighted by molar-refractivity contribution is 5.33. The van der Waals surface area contributed by atoms with Crippen molar-refractivity contribution in [2.24, 2.45) is 0 Å². The van der Waals surface area contributed by atoms with Crippen LogP contribution < -0.4 is 11.3 Å². The minimum absolute atomic E-state index is 0.133. The van der Waals surface area contributed by atoms with Gasteiger partial charge < -0.3 is 15.0 Å². The van der Waals surface area contributed by atoms with Gasteiger partial charge in [-0.05, 0) is 25.0 Å². The van der Waals surface area contributed by atoms with E-state index in [4.69, 9.17) is 10.5 Å². The van der Waals surface area contributed by atoms with E-state index >= 15 is 0 Å². The molecule has 1 aliphatic carbocycles. The first-order chi connectivity index (χ1) is 6.77. The van der Waals surface area contributed by atoms with Gasteiger partial charge in [0.15, 0.2) is 0 Å². The van der Waals surface area contributed by atoms with Crippen molar-refractivity contribution in [1.82, 2.24) is 4.57 Å². The molecule has 0 radical (unpaired) electrons. The molecule has 0 saturated heterocycles. The molecule has 76 valence electrons. The van der Waals surface area contributed by atoms with Crippen molar-refractivity contribution in [3.05, 3.63) is 28.7 Å². The zero-order valence-electron chi connectivity index (χ0n) is 7.98. The summed E-state index contributed by atoms with van der Waals surface area (Å²) < 4.78 is 7.03. The number of ether oxygens (including phenoxy) is 1. The van der Waals surface area contributed by atoms with Crippen LogP contribution in [0.25, 0.3) is 0 Å². The van der Waals surface area contributed by atoms with E-state index in [-0.39, 0.29) is 5.56 Å². The zero-order chi connectivity index (χ0) is 9.97. The molecule has 0 bridgehead atoms. The second kappa shape index (κ2) is 3.84. The molecule has 1 heterocycles. The van der Waals surface area contributed by atoms with Crippen LogP contribution in [0.5, 0.6) is 0 Å². The largest absolute Gasteiger partial charge is 0.394 e. The summed E-state index contributed by atoms with van der Waals surface area (Å²) in [6.45, 7) is 1.18. The Labute approximate surface area is 82.3 Å². The van der Waals surface area contributed by atoms with Gasteiger partial charge in [0.05, 0.1) is 18.4 Å². The number of nitrogen functional groups attached to an aromatic ring is 1. The summed E-state index contributed by atoms with van der Waals surface area (Å²) in [6, 6.07) is 3.38. The number of hydrogen-bond acceptors (Lipinski definition) is 3. The summed E-state index contributed by atoms with van der Waals surface area (Å²) in [5.41, 5.74) is 5.65. The number of aromatic nitrogens is 1. The highest BCUT2D eigenvalue weighted by Gasteiger charge is 2.21. The van der Waals surface area contributed by atoms with E-state index in [0.717, 1.165) is 12.8 Å². The standard InChI is InChI=1S/C10H14N2O2/c11-9-2-1-5-12(10(9)13)6-7-14-8-3-4-8/h1-2,5,8H,3-4,6-7,11H2. The first-order valence-corrected chi connectivity index (χ1v) is 4.84. The highest BCUT2D eigenvalue weighted by atomic mass is 16.5. The molecule has 1 saturated carbocycles. The fourth-order valence-corrected chi connectivity index (χ4v) is 1.28. The molecule has 0 aliphatic heterocycles. The van der Waals surface area contributed by atoms with E-state index in [1.165, 1.54) is 0 Å². The van der Waals surface area contributed by atoms with Crippen molar-refractivity contribution in [2.75, 3.05) is 12.3 Å². The lowest BCUT2D eigenvalue weighted by Gasteiger charge is -2.06. The average Bonchev–Trinajstić information content (AvgIpc) is 2.96. The molecule has 1 aromatic rings. The summed E-state index contributed by atoms with van der Waals surface area (Å²) in [5, 5.41) is 0. The Morgan fingerprint density at radius 1 is 1.57 bits per heavy atom. The smallest absolute Gasteiger partial charge is 0.273 e. The summed E-state index contributed by atoms with van der Waals surface area (Å²) >= 11 is 0. The molecule has 4 heteroatoms. The average molecular weight is 194 g/mol. The summed E-state index contributed by atoms with van der Waals surface area (Å²) in [4.78, 5) is 11.4. The minimum Gasteiger partial charge on any atom is -0.394 e. The minimum atomic E-state index is -0.133. The predicted octanol–water partition coefficient (Wildman–Crippen LogP) is 0.609. The highest BCUT2D eigenvalue weighted by Crippen LogP contribution is 2.22. The summed E-state index contributed by atoms with van der Waals surface area (Å²) in [5.74, 6) is 0. The van der Waals surface area contributed by atoms with Crippen LogP contribution in [0.15, 0.2) is 23.1 Å². The van der Waals surface area contributed by atoms with Crippen LogP contribution in [-0.2, 0) is 11.3 Å². The molecule has 0 atom stereocenters. The van der Waals surface area contributed by atoms with Gasteiger partial charge in [-0.15, -0.1) is 0 Å². The predicted molar refractivity (Wildman–Crippen MR) is 54.1 cm³/mol. The van der Waals surface area contributed by atoms with E-state index < -0.39 is 0 Å². The molecule has 2 N–H and O–H groups in total. The number of hydrogen-bond donors (Lipinski definition) is 1. The van der Waals surface area contributed by atoms with Gasteiger partial charge in [-0.3, -0.25) is 4.79 Å². The fraction of sp³-hybridized carbons (Fsp3) is 0.500. The van der Waals surface area contributed by atoms with Gasteiger partial charge in [-0.25, -0.2) is 0 Å². The maximum Gasteiger partial charge on any atom is 0.273 e. The van der Waals surface area contributed by atoms with Gasteiger partial charge in [0.1, 0.15) is 0 Å². The quantitative estimate of drug-likeness (QED) is 0.764. The number of anilines is 1. The Balaban J connectivity index is 1.94. The lowest BCUT2D eigenvalue weighted by Crippen LogP contribution is -2.24. The Morgan fingerprint density at radius 2 is 2.36 bits per heavy atom. The molecule has 0 amide bonds. The lowest BCUT2D eigenvalue weighted by atomic mass is 10.4. The molecule has 4 nitrogen and oxygen atoms in total. The molecule has 1 aromatic heterocycles. The molecule has 1 aliphatic rings. The first-order valence-electron chi connectivity index (χ1n) is 4.84. The van der Waals surface area contributed by atoms with Crippen molar-refractivity contribution >= 4 is 5.69 Å². The maximum absolute atomic E-state index is 11.4. The van der Waals surface area contributed by atoms with Crippen molar-refractivity contribution in [1.29, 1.82) is 0 Å². The van der Waals surface area contributed by atoms with Gasteiger partial charge in [0, 0.05) is 12.7 Å². The third kappa shape index (κ3) is 2.14. The van der Waals surface area contributed by atoms with Crippen LogP contribution in [0, 0.1) is 0 Å². The second-order valence-corrected chi connectivity index (χ2v) is 3.53. The number of nitrogens with zero attached hydrogens (tertiary/aromatic N) is 1. The Hall–Kier alpha value is -1.29. The van der Waals surface area contributed by atoms with Crippen molar-refractivity contribution in [3.63, 3.8) is 0 Å². The van der Waals surface area contributed by atoms with E-state index in [1.807, 2.05) is 0 Å². The van der Waals surface area contributed by atoms with Crippen LogP contribution in [0.4, 0.5) is 5.69 Å². The van der Waals surface area contributed by atoms with E-state index in [2.05, 4.69) is 0 Å². The number of nitrogens with two attached hydrogens (primary N) is 1. The third-order valence-electron chi connectivity index (χ3n) is 2.26. The first kappa shape index (κ1) is 9.27. The van der Waals surface area contributed by atoms with Crippen LogP contribution in [0.2, 0.25) is 0 Å². The van der Waals surface area contributed by atoms with Crippen LogP contribution in [0.3, 0.4) is 0 Å². The topological polar surface area (TPSA) is 57.2 Å². The molecular weight excluding hydrogens is 180 g/mol. The third-order valence-corrected chi connectivity index (χ3v) is 2.26. The molecule has 0 spiro atoms. The second-order valence-electron chi connectivity index (χ2n) is 3.53. The lowest BCUT2D eigenvalue weighted by molar-refractivity contribution is 0.111. The van der Waals surface area contributed by atoms with Gasteiger partial charge in [-0.1, -0.05) is 0 Å². The summed E-state index contributed by atoms with van der Waals surface area (Å²) in [7, 11) is 0. The van der Waals surface area contributed by atoms with Crippen molar-refractivity contribution < 1.29 is 4.74 Å². The van der Waals surface area contributed by atoms with E-state index in [0.29, 0.717) is 24.9 Å². The zero-order valence-corrected chi connectivity index (χ0v) is 7.98. The maximum atomic E-state index is 11.4. The SMILES string of the molecule is Nc1cccn(CCOC2CC2)c1=O. The van der Waals surface area contributed by atoms with E-state index in [9.17, 15) is 4.79 Å². The molecule has 14 heavy (non-hydrogen) atoms. The van der Waals surface area contributed by atoms with E-state index in [1.54, 1.807) is 22.9 Å². The Kier molecular flexibility index (Phi) is 2.54. The molecule has 1 fully saturated rings. The molecular formula is C10H14N2O2. The molecule has 0 aromatic carbocycles. The van der Waals surface area contributed by atoms with Crippen LogP contribution in [-0.4, -0.2) is 17.3 Å². The Morgan fingerprint density at radius 3 is 3.07 bits per heavy atom. The fourth-order valence-electron chi connectivity index (χ4n) is 1.28. The molecule has 2 rings (SSSR count). The Bertz CT molecular complexity index is 369. The van der Waals surface area contributed by atoms with Crippen molar-refractivity contribution in [3.8, 4) is 0 Å². The number of rotatable bonds is 4. The van der Waals surface area contributed by atoms with Crippen LogP contribution in [0.1, 0.15) is 12.8 Å². The van der Waals surface area contributed by atoms with Gasteiger partial charge >= 0.3 is 0 Å². The molecule has 0 unspecified atom stereocenters. The van der Waals surface area contributed by atoms with Gasteiger partial charge in [0.25, 0.3) is 5.56 Å². The van der Waals surface area contributed by atoms with Gasteiger partial charge in [0.2, 0.25) is 0 Å². The van der Waals surface area contributed by atoms with Gasteiger partial charge in [-0.2, -0.15) is 0 Å². The normalized spacial score (nSPS) is 15.7.